The maximum Gasteiger partial charge on any atom is 0.0457 e. The van der Waals surface area contributed by atoms with Gasteiger partial charge in [0, 0.05) is 17.3 Å². The van der Waals surface area contributed by atoms with Crippen LogP contribution in [0.2, 0.25) is 0 Å². The molecule has 1 nitrogen and oxygen atoms in total. The van der Waals surface area contributed by atoms with Crippen LogP contribution >= 0.6 is 0 Å². The predicted octanol–water partition coefficient (Wildman–Crippen LogP) is 9.93. The molecule has 34 heavy (non-hydrogen) atoms. The van der Waals surface area contributed by atoms with Crippen molar-refractivity contribution in [1.29, 1.82) is 0 Å². The standard InChI is InChI=1S/C31H43N.C2H6/c1-21-14-16-27(17-15-21)25(5)32-29-20-28(18-19-31(6,7)8)30(24(29)4)23(3)22(2)26-12-10-9-11-13-26;1-2/h14-17,20,23,26,32H,2,4-5,9-13,18-19H2,1,3,6-8H3;1-2H3. The summed E-state index contributed by atoms with van der Waals surface area (Å²) in [4.78, 5) is 0. The maximum absolute atomic E-state index is 4.61. The van der Waals surface area contributed by atoms with E-state index in [1.807, 2.05) is 13.8 Å². The highest BCUT2D eigenvalue weighted by Crippen LogP contribution is 2.43. The average Bonchev–Trinajstić information content (AvgIpc) is 3.13. The van der Waals surface area contributed by atoms with Gasteiger partial charge in [-0.1, -0.05) is 116 Å². The van der Waals surface area contributed by atoms with Crippen LogP contribution < -0.4 is 5.32 Å². The minimum Gasteiger partial charge on any atom is -0.355 e. The summed E-state index contributed by atoms with van der Waals surface area (Å²) in [6, 6.07) is 8.53. The molecule has 1 aromatic rings. The predicted molar refractivity (Wildman–Crippen MR) is 153 cm³/mol. The summed E-state index contributed by atoms with van der Waals surface area (Å²) in [5.41, 5.74) is 10.0. The molecule has 1 fully saturated rings. The lowest BCUT2D eigenvalue weighted by atomic mass is 9.75. The van der Waals surface area contributed by atoms with Gasteiger partial charge in [0.25, 0.3) is 0 Å². The Kier molecular flexibility index (Phi) is 10.2. The normalized spacial score (nSPS) is 17.6. The Morgan fingerprint density at radius 2 is 1.62 bits per heavy atom. The van der Waals surface area contributed by atoms with Gasteiger partial charge >= 0.3 is 0 Å². The van der Waals surface area contributed by atoms with E-state index in [1.54, 1.807) is 0 Å². The Bertz CT molecular complexity index is 924. The molecular formula is C33H49N. The van der Waals surface area contributed by atoms with Gasteiger partial charge in [-0.2, -0.15) is 0 Å². The first-order valence-corrected chi connectivity index (χ1v) is 13.4. The third kappa shape index (κ3) is 7.36. The lowest BCUT2D eigenvalue weighted by molar-refractivity contribution is 0.376. The summed E-state index contributed by atoms with van der Waals surface area (Å²) >= 11 is 0. The number of hydrogen-bond acceptors (Lipinski definition) is 1. The van der Waals surface area contributed by atoms with Gasteiger partial charge in [0.15, 0.2) is 0 Å². The van der Waals surface area contributed by atoms with Gasteiger partial charge in [0.2, 0.25) is 0 Å². The van der Waals surface area contributed by atoms with Crippen molar-refractivity contribution in [2.24, 2.45) is 17.3 Å². The van der Waals surface area contributed by atoms with Gasteiger partial charge in [0.05, 0.1) is 0 Å². The second-order valence-corrected chi connectivity index (χ2v) is 11.1. The van der Waals surface area contributed by atoms with E-state index >= 15 is 0 Å². The molecule has 1 atom stereocenters. The molecule has 0 bridgehead atoms. The van der Waals surface area contributed by atoms with Crippen LogP contribution in [0.5, 0.6) is 0 Å². The molecule has 0 amide bonds. The highest BCUT2D eigenvalue weighted by Gasteiger charge is 2.30. The summed E-state index contributed by atoms with van der Waals surface area (Å²) in [5, 5.41) is 3.59. The van der Waals surface area contributed by atoms with Crippen LogP contribution in [0.15, 0.2) is 78.1 Å². The molecule has 186 valence electrons. The summed E-state index contributed by atoms with van der Waals surface area (Å²) in [7, 11) is 0. The second kappa shape index (κ2) is 12.4. The zero-order chi connectivity index (χ0) is 25.5. The summed E-state index contributed by atoms with van der Waals surface area (Å²) < 4.78 is 0. The summed E-state index contributed by atoms with van der Waals surface area (Å²) in [6.45, 7) is 28.9. The average molecular weight is 460 g/mol. The maximum atomic E-state index is 4.61. The van der Waals surface area contributed by atoms with Crippen molar-refractivity contribution in [2.75, 3.05) is 0 Å². The first-order valence-electron chi connectivity index (χ1n) is 13.4. The Hall–Kier alpha value is -2.28. The van der Waals surface area contributed by atoms with Gasteiger partial charge in [0.1, 0.15) is 0 Å². The number of rotatable bonds is 8. The van der Waals surface area contributed by atoms with Crippen molar-refractivity contribution in [3.8, 4) is 0 Å². The summed E-state index contributed by atoms with van der Waals surface area (Å²) in [5.74, 6) is 0.992. The zero-order valence-corrected chi connectivity index (χ0v) is 23.1. The van der Waals surface area contributed by atoms with Crippen molar-refractivity contribution >= 4 is 5.70 Å². The van der Waals surface area contributed by atoms with E-state index < -0.39 is 0 Å². The fraction of sp³-hybridized carbons (Fsp3) is 0.515. The van der Waals surface area contributed by atoms with Crippen LogP contribution in [0.4, 0.5) is 0 Å². The van der Waals surface area contributed by atoms with Crippen LogP contribution in [0.25, 0.3) is 5.70 Å². The van der Waals surface area contributed by atoms with Crippen molar-refractivity contribution < 1.29 is 0 Å². The van der Waals surface area contributed by atoms with Crippen LogP contribution in [-0.4, -0.2) is 0 Å². The minimum absolute atomic E-state index is 0.304. The highest BCUT2D eigenvalue weighted by atomic mass is 14.9. The van der Waals surface area contributed by atoms with E-state index in [0.717, 1.165) is 35.4 Å². The number of allylic oxidation sites excluding steroid dienone is 4. The molecule has 0 radical (unpaired) electrons. The number of nitrogens with one attached hydrogen (secondary N) is 1. The zero-order valence-electron chi connectivity index (χ0n) is 23.1. The Morgan fingerprint density at radius 3 is 2.18 bits per heavy atom. The van der Waals surface area contributed by atoms with E-state index in [2.05, 4.69) is 90.0 Å². The first kappa shape index (κ1) is 28.0. The van der Waals surface area contributed by atoms with E-state index in [9.17, 15) is 0 Å². The Balaban J connectivity index is 0.00000199. The highest BCUT2D eigenvalue weighted by molar-refractivity contribution is 5.69. The van der Waals surface area contributed by atoms with Crippen LogP contribution in [0.3, 0.4) is 0 Å². The fourth-order valence-electron chi connectivity index (χ4n) is 5.05. The molecule has 1 N–H and O–H groups in total. The summed E-state index contributed by atoms with van der Waals surface area (Å²) in [6.07, 6.45) is 11.2. The van der Waals surface area contributed by atoms with Crippen molar-refractivity contribution in [2.45, 2.75) is 93.4 Å². The molecule has 2 aliphatic rings. The van der Waals surface area contributed by atoms with E-state index in [-0.39, 0.29) is 0 Å². The van der Waals surface area contributed by atoms with Crippen LogP contribution in [-0.2, 0) is 0 Å². The smallest absolute Gasteiger partial charge is 0.0457 e. The van der Waals surface area contributed by atoms with E-state index in [1.165, 1.54) is 54.4 Å². The van der Waals surface area contributed by atoms with Gasteiger partial charge in [-0.05, 0) is 72.3 Å². The molecular weight excluding hydrogens is 410 g/mol. The van der Waals surface area contributed by atoms with E-state index in [0.29, 0.717) is 17.3 Å². The molecule has 3 rings (SSSR count). The van der Waals surface area contributed by atoms with E-state index in [4.69, 9.17) is 0 Å². The monoisotopic (exact) mass is 459 g/mol. The molecule has 0 spiro atoms. The van der Waals surface area contributed by atoms with Gasteiger partial charge in [-0.15, -0.1) is 0 Å². The molecule has 0 heterocycles. The third-order valence-electron chi connectivity index (χ3n) is 7.26. The molecule has 0 aromatic heterocycles. The van der Waals surface area contributed by atoms with Gasteiger partial charge < -0.3 is 5.32 Å². The quantitative estimate of drug-likeness (QED) is 0.381. The SMILES string of the molecule is C=C1C(NC(=C)c2ccc(C)cc2)=CC(CCC(C)(C)C)=C1C(C)C(=C)C1CCCCC1.CC. The Morgan fingerprint density at radius 1 is 1.03 bits per heavy atom. The van der Waals surface area contributed by atoms with Crippen molar-refractivity contribution in [3.63, 3.8) is 0 Å². The third-order valence-corrected chi connectivity index (χ3v) is 7.26. The molecule has 0 aliphatic heterocycles. The molecule has 1 aromatic carbocycles. The van der Waals surface area contributed by atoms with Gasteiger partial charge in [-0.25, -0.2) is 0 Å². The van der Waals surface area contributed by atoms with Crippen molar-refractivity contribution in [3.05, 3.63) is 89.2 Å². The Labute approximate surface area is 210 Å². The topological polar surface area (TPSA) is 12.0 Å². The number of aryl methyl sites for hydroxylation is 1. The van der Waals surface area contributed by atoms with Gasteiger partial charge in [-0.3, -0.25) is 0 Å². The lowest BCUT2D eigenvalue weighted by Gasteiger charge is -2.30. The molecule has 0 saturated heterocycles. The fourth-order valence-corrected chi connectivity index (χ4v) is 5.05. The molecule has 1 unspecified atom stereocenters. The lowest BCUT2D eigenvalue weighted by Crippen LogP contribution is -2.18. The first-order chi connectivity index (χ1) is 16.1. The van der Waals surface area contributed by atoms with Crippen molar-refractivity contribution in [1.82, 2.24) is 5.32 Å². The second-order valence-electron chi connectivity index (χ2n) is 11.1. The van der Waals surface area contributed by atoms with Crippen LogP contribution in [0.1, 0.15) is 97.6 Å². The number of benzene rings is 1. The molecule has 1 saturated carbocycles. The number of hydrogen-bond donors (Lipinski definition) is 1. The minimum atomic E-state index is 0.304. The molecule has 1 heteroatoms. The molecule has 2 aliphatic carbocycles. The van der Waals surface area contributed by atoms with Crippen LogP contribution in [0, 0.1) is 24.2 Å². The largest absolute Gasteiger partial charge is 0.355 e.